The molecule has 0 heterocycles. The Morgan fingerprint density at radius 1 is 0.429 bits per heavy atom. The van der Waals surface area contributed by atoms with Crippen molar-refractivity contribution in [2.45, 2.75) is 126 Å². The first-order valence-electron chi connectivity index (χ1n) is 21.6. The Hall–Kier alpha value is -2.96. The maximum absolute atomic E-state index is 6.91. The van der Waals surface area contributed by atoms with Crippen molar-refractivity contribution in [3.8, 4) is 23.0 Å². The number of hydrogen-bond acceptors (Lipinski definition) is 4. The quantitative estimate of drug-likeness (QED) is 0.165. The molecule has 6 heteroatoms. The van der Waals surface area contributed by atoms with Crippen LogP contribution >= 0.6 is 31.9 Å². The molecule has 2 saturated carbocycles. The maximum atomic E-state index is 6.91. The summed E-state index contributed by atoms with van der Waals surface area (Å²) in [5.41, 5.74) is 16.6. The fourth-order valence-corrected chi connectivity index (χ4v) is 11.4. The van der Waals surface area contributed by atoms with Gasteiger partial charge in [0.2, 0.25) is 0 Å². The van der Waals surface area contributed by atoms with Gasteiger partial charge in [0.1, 0.15) is 23.0 Å². The van der Waals surface area contributed by atoms with Gasteiger partial charge in [-0.05, 0) is 167 Å². The Bertz CT molecular complexity index is 1920. The van der Waals surface area contributed by atoms with E-state index in [0.717, 1.165) is 97.9 Å². The molecule has 4 aromatic carbocycles. The van der Waals surface area contributed by atoms with Crippen molar-refractivity contribution < 1.29 is 18.9 Å². The van der Waals surface area contributed by atoms with Crippen LogP contribution in [0.3, 0.4) is 0 Å². The zero-order valence-corrected chi connectivity index (χ0v) is 36.6. The van der Waals surface area contributed by atoms with Gasteiger partial charge >= 0.3 is 0 Å². The van der Waals surface area contributed by atoms with E-state index in [1.165, 1.54) is 105 Å². The van der Waals surface area contributed by atoms with Gasteiger partial charge in [-0.2, -0.15) is 0 Å². The SMILES string of the molecule is COc1c2cc3cc1[C@H]1CC[C@H]1c1cc(cc(c1OCCBr)Cc1cc4cc(c1OC)[C@H]1CC[C@H]1c1cc(cc(c1OCCBr)C2)CCCCC4)CCCCC3. The lowest BCUT2D eigenvalue weighted by atomic mass is 9.64. The second kappa shape index (κ2) is 17.1. The molecule has 9 rings (SSSR count). The first-order chi connectivity index (χ1) is 27.6. The number of hydrogen-bond donors (Lipinski definition) is 0. The molecule has 0 radical (unpaired) electrons. The highest BCUT2D eigenvalue weighted by Crippen LogP contribution is 2.58. The molecule has 0 aliphatic heterocycles. The molecule has 5 aliphatic carbocycles. The summed E-state index contributed by atoms with van der Waals surface area (Å²) in [6, 6.07) is 20.1. The molecule has 0 saturated heterocycles. The van der Waals surface area contributed by atoms with Crippen molar-refractivity contribution >= 4 is 31.9 Å². The molecule has 4 nitrogen and oxygen atoms in total. The third-order valence-corrected chi connectivity index (χ3v) is 14.5. The number of halogens is 2. The summed E-state index contributed by atoms with van der Waals surface area (Å²) in [5, 5.41) is 1.60. The smallest absolute Gasteiger partial charge is 0.126 e. The van der Waals surface area contributed by atoms with Crippen LogP contribution in [-0.2, 0) is 38.5 Å². The highest BCUT2D eigenvalue weighted by atomic mass is 79.9. The van der Waals surface area contributed by atoms with E-state index in [4.69, 9.17) is 18.9 Å². The number of alkyl halides is 2. The summed E-state index contributed by atoms with van der Waals surface area (Å²) in [6.07, 6.45) is 17.8. The molecular weight excluding hydrogens is 824 g/mol. The van der Waals surface area contributed by atoms with E-state index in [2.05, 4.69) is 80.4 Å². The van der Waals surface area contributed by atoms with Gasteiger partial charge in [0.05, 0.1) is 27.4 Å². The molecule has 2 fully saturated rings. The normalized spacial score (nSPS) is 22.5. The van der Waals surface area contributed by atoms with Crippen molar-refractivity contribution in [3.63, 3.8) is 0 Å². The number of benzene rings is 4. The van der Waals surface area contributed by atoms with Crippen molar-refractivity contribution in [2.24, 2.45) is 0 Å². The summed E-state index contributed by atoms with van der Waals surface area (Å²) < 4.78 is 27.0. The lowest BCUT2D eigenvalue weighted by molar-refractivity contribution is 0.296. The summed E-state index contributed by atoms with van der Waals surface area (Å²) in [7, 11) is 3.80. The summed E-state index contributed by atoms with van der Waals surface area (Å²) in [4.78, 5) is 0. The fourth-order valence-electron chi connectivity index (χ4n) is 11.0. The van der Waals surface area contributed by atoms with Crippen LogP contribution < -0.4 is 18.9 Å². The molecule has 296 valence electrons. The molecule has 0 aromatic heterocycles. The maximum Gasteiger partial charge on any atom is 0.126 e. The van der Waals surface area contributed by atoms with Crippen LogP contribution in [0.2, 0.25) is 0 Å². The number of ether oxygens (including phenoxy) is 4. The van der Waals surface area contributed by atoms with Gasteiger partial charge in [0, 0.05) is 23.5 Å². The monoisotopic (exact) mass is 880 g/mol. The Labute approximate surface area is 351 Å². The number of rotatable bonds is 8. The lowest BCUT2D eigenvalue weighted by Crippen LogP contribution is -2.25. The zero-order valence-electron chi connectivity index (χ0n) is 33.5. The number of methoxy groups -OCH3 is 2. The second-order valence-electron chi connectivity index (χ2n) is 17.2. The topological polar surface area (TPSA) is 36.9 Å². The third-order valence-electron chi connectivity index (χ3n) is 13.8. The van der Waals surface area contributed by atoms with Gasteiger partial charge in [0.15, 0.2) is 0 Å². The predicted octanol–water partition coefficient (Wildman–Crippen LogP) is 12.6. The first-order valence-corrected chi connectivity index (χ1v) is 23.9. The summed E-state index contributed by atoms with van der Waals surface area (Å²) in [5.74, 6) is 5.86. The highest BCUT2D eigenvalue weighted by Gasteiger charge is 2.41. The molecule has 5 aliphatic rings. The van der Waals surface area contributed by atoms with E-state index < -0.39 is 0 Å². The van der Waals surface area contributed by atoms with Gasteiger partial charge in [-0.3, -0.25) is 0 Å². The Morgan fingerprint density at radius 2 is 0.732 bits per heavy atom. The largest absolute Gasteiger partial charge is 0.496 e. The minimum atomic E-state index is 0.372. The van der Waals surface area contributed by atoms with Crippen LogP contribution in [0.4, 0.5) is 0 Å². The van der Waals surface area contributed by atoms with Crippen LogP contribution in [0.1, 0.15) is 155 Å². The molecule has 0 unspecified atom stereocenters. The number of aryl methyl sites for hydroxylation is 4. The average molecular weight is 883 g/mol. The molecule has 0 amide bonds. The van der Waals surface area contributed by atoms with E-state index in [1.54, 1.807) is 0 Å². The molecule has 4 atom stereocenters. The van der Waals surface area contributed by atoms with E-state index >= 15 is 0 Å². The van der Waals surface area contributed by atoms with Crippen molar-refractivity contribution in [3.05, 3.63) is 115 Å². The minimum absolute atomic E-state index is 0.372. The Kier molecular flexibility index (Phi) is 11.8. The lowest BCUT2D eigenvalue weighted by Gasteiger charge is -2.41. The third kappa shape index (κ3) is 7.44. The molecule has 4 aromatic rings. The fraction of sp³-hybridized carbons (Fsp3) is 0.520. The van der Waals surface area contributed by atoms with Gasteiger partial charge in [-0.1, -0.05) is 93.2 Å². The van der Waals surface area contributed by atoms with Crippen LogP contribution in [0.5, 0.6) is 23.0 Å². The van der Waals surface area contributed by atoms with Crippen LogP contribution in [0, 0.1) is 0 Å². The van der Waals surface area contributed by atoms with E-state index in [9.17, 15) is 0 Å². The predicted molar refractivity (Wildman–Crippen MR) is 235 cm³/mol. The molecule has 56 heavy (non-hydrogen) atoms. The van der Waals surface area contributed by atoms with Crippen molar-refractivity contribution in [1.82, 2.24) is 0 Å². The van der Waals surface area contributed by atoms with E-state index in [-0.39, 0.29) is 0 Å². The average Bonchev–Trinajstić information content (AvgIpc) is 3.16. The minimum Gasteiger partial charge on any atom is -0.496 e. The molecule has 0 N–H and O–H groups in total. The zero-order chi connectivity index (χ0) is 38.2. The molecular formula is C50H58Br2O4. The summed E-state index contributed by atoms with van der Waals surface area (Å²) in [6.45, 7) is 1.29. The highest BCUT2D eigenvalue weighted by molar-refractivity contribution is 9.09. The Balaban J connectivity index is 1.35. The van der Waals surface area contributed by atoms with Gasteiger partial charge in [-0.25, -0.2) is 0 Å². The first kappa shape index (κ1) is 38.6. The molecule has 12 bridgehead atoms. The number of fused-ring (bicyclic) bond motifs is 8. The van der Waals surface area contributed by atoms with Gasteiger partial charge in [0.25, 0.3) is 0 Å². The van der Waals surface area contributed by atoms with Gasteiger partial charge in [-0.15, -0.1) is 0 Å². The van der Waals surface area contributed by atoms with Crippen LogP contribution in [0.15, 0.2) is 48.5 Å². The van der Waals surface area contributed by atoms with Crippen molar-refractivity contribution in [2.75, 3.05) is 38.1 Å². The van der Waals surface area contributed by atoms with E-state index in [0.29, 0.717) is 36.9 Å². The summed E-state index contributed by atoms with van der Waals surface area (Å²) >= 11 is 7.43. The Morgan fingerprint density at radius 3 is 1.02 bits per heavy atom. The second-order valence-corrected chi connectivity index (χ2v) is 18.8. The van der Waals surface area contributed by atoms with Crippen LogP contribution in [0.25, 0.3) is 0 Å². The van der Waals surface area contributed by atoms with Crippen LogP contribution in [-0.4, -0.2) is 38.1 Å². The standard InChI is InChI=1S/C50H58Br2O4/c1-53-47-35-21-31-9-5-3-7-12-34-24-38(50(56-20-18-52)45(27-34)41-15-13-39(41)43(47)25-31)30-36-22-32-10-6-4-8-11-33-23-37(29-35)49(55-19-17-51)46(28-33)42-16-14-40(42)44(26-32)48(36)54-2/h21-28,39-42H,3-20,29-30H2,1-2H3/t39-,40-,41+,42+/m0/s1. The van der Waals surface area contributed by atoms with E-state index in [1.807, 2.05) is 14.2 Å². The van der Waals surface area contributed by atoms with Crippen molar-refractivity contribution in [1.29, 1.82) is 0 Å². The molecule has 0 spiro atoms. The van der Waals surface area contributed by atoms with Gasteiger partial charge < -0.3 is 18.9 Å².